The van der Waals surface area contributed by atoms with Crippen molar-refractivity contribution in [1.29, 1.82) is 0 Å². The minimum absolute atomic E-state index is 0.0374. The van der Waals surface area contributed by atoms with Gasteiger partial charge >= 0.3 is 11.9 Å². The molecule has 0 aliphatic rings. The molecule has 0 radical (unpaired) electrons. The monoisotopic (exact) mass is 812 g/mol. The van der Waals surface area contributed by atoms with Crippen molar-refractivity contribution in [2.75, 3.05) is 47.5 Å². The lowest BCUT2D eigenvalue weighted by atomic mass is 10.0. The molecule has 0 heterocycles. The molecular formula is C46H86NO8P. The second-order valence-electron chi connectivity index (χ2n) is 16.4. The number of hydrogen-bond donors (Lipinski definition) is 0. The van der Waals surface area contributed by atoms with E-state index in [9.17, 15) is 19.0 Å². The Kier molecular flexibility index (Phi) is 37.5. The number of nitrogens with zero attached hydrogens (tertiary/aromatic N) is 1. The highest BCUT2D eigenvalue weighted by Gasteiger charge is 2.21. The van der Waals surface area contributed by atoms with Crippen molar-refractivity contribution < 1.29 is 42.1 Å². The maximum Gasteiger partial charge on any atom is 0.306 e. The third kappa shape index (κ3) is 41.9. The molecule has 9 nitrogen and oxygen atoms in total. The van der Waals surface area contributed by atoms with Crippen LogP contribution < -0.4 is 4.89 Å². The van der Waals surface area contributed by atoms with Crippen LogP contribution in [0.3, 0.4) is 0 Å². The Bertz CT molecular complexity index is 1050. The topological polar surface area (TPSA) is 111 Å². The summed E-state index contributed by atoms with van der Waals surface area (Å²) >= 11 is 0. The molecule has 0 aromatic carbocycles. The maximum atomic E-state index is 12.7. The summed E-state index contributed by atoms with van der Waals surface area (Å²) in [5.74, 6) is -0.874. The summed E-state index contributed by atoms with van der Waals surface area (Å²) in [5, 5.41) is 0. The van der Waals surface area contributed by atoms with E-state index in [1.807, 2.05) is 21.1 Å². The summed E-state index contributed by atoms with van der Waals surface area (Å²) < 4.78 is 33.9. The molecule has 328 valence electrons. The van der Waals surface area contributed by atoms with Gasteiger partial charge in [0.15, 0.2) is 6.10 Å². The van der Waals surface area contributed by atoms with Gasteiger partial charge in [-0.15, -0.1) is 0 Å². The van der Waals surface area contributed by atoms with Crippen molar-refractivity contribution in [3.63, 3.8) is 0 Å². The van der Waals surface area contributed by atoms with Crippen molar-refractivity contribution >= 4 is 19.8 Å². The number of quaternary nitrogens is 1. The molecule has 0 spiro atoms. The highest BCUT2D eigenvalue weighted by Crippen LogP contribution is 2.38. The number of ether oxygens (including phenoxy) is 2. The molecule has 0 fully saturated rings. The summed E-state index contributed by atoms with van der Waals surface area (Å²) in [6.07, 6.45) is 43.1. The first-order valence-electron chi connectivity index (χ1n) is 22.7. The fourth-order valence-corrected chi connectivity index (χ4v) is 6.80. The van der Waals surface area contributed by atoms with Crippen LogP contribution in [-0.4, -0.2) is 70.0 Å². The average Bonchev–Trinajstić information content (AvgIpc) is 3.15. The Morgan fingerprint density at radius 2 is 0.964 bits per heavy atom. The molecule has 2 atom stereocenters. The van der Waals surface area contributed by atoms with Crippen molar-refractivity contribution in [3.05, 3.63) is 36.5 Å². The van der Waals surface area contributed by atoms with E-state index in [0.29, 0.717) is 17.4 Å². The van der Waals surface area contributed by atoms with E-state index >= 15 is 0 Å². The maximum absolute atomic E-state index is 12.7. The lowest BCUT2D eigenvalue weighted by Gasteiger charge is -2.28. The molecule has 1 unspecified atom stereocenters. The molecule has 0 aromatic rings. The molecule has 10 heteroatoms. The second kappa shape index (κ2) is 38.7. The molecule has 0 bridgehead atoms. The first kappa shape index (κ1) is 54.2. The van der Waals surface area contributed by atoms with Gasteiger partial charge in [0, 0.05) is 12.8 Å². The van der Waals surface area contributed by atoms with Crippen LogP contribution in [-0.2, 0) is 32.7 Å². The molecule has 56 heavy (non-hydrogen) atoms. The number of esters is 2. The van der Waals surface area contributed by atoms with E-state index in [1.165, 1.54) is 109 Å². The Hall–Kier alpha value is -1.77. The minimum Gasteiger partial charge on any atom is -0.756 e. The molecule has 0 aliphatic heterocycles. The van der Waals surface area contributed by atoms with Crippen LogP contribution in [0.25, 0.3) is 0 Å². The number of carbonyl (C=O) groups excluding carboxylic acids is 2. The Morgan fingerprint density at radius 1 is 0.554 bits per heavy atom. The summed E-state index contributed by atoms with van der Waals surface area (Å²) in [5.41, 5.74) is 0. The van der Waals surface area contributed by atoms with E-state index in [4.69, 9.17) is 18.5 Å². The molecule has 0 rings (SSSR count). The van der Waals surface area contributed by atoms with Crippen LogP contribution in [0.5, 0.6) is 0 Å². The Labute approximate surface area is 344 Å². The highest BCUT2D eigenvalue weighted by atomic mass is 31.2. The Morgan fingerprint density at radius 3 is 1.46 bits per heavy atom. The van der Waals surface area contributed by atoms with Gasteiger partial charge in [-0.1, -0.05) is 166 Å². The number of hydrogen-bond acceptors (Lipinski definition) is 8. The van der Waals surface area contributed by atoms with Crippen LogP contribution in [0.4, 0.5) is 0 Å². The fourth-order valence-electron chi connectivity index (χ4n) is 6.07. The van der Waals surface area contributed by atoms with E-state index in [0.717, 1.165) is 51.4 Å². The number of likely N-dealkylation sites (N-methyl/N-ethyl adjacent to an activating group) is 1. The van der Waals surface area contributed by atoms with Gasteiger partial charge in [0.2, 0.25) is 0 Å². The van der Waals surface area contributed by atoms with Crippen molar-refractivity contribution in [3.8, 4) is 0 Å². The quantitative estimate of drug-likeness (QED) is 0.0197. The molecule has 0 aliphatic carbocycles. The van der Waals surface area contributed by atoms with Gasteiger partial charge < -0.3 is 27.9 Å². The van der Waals surface area contributed by atoms with E-state index < -0.39 is 32.5 Å². The third-order valence-electron chi connectivity index (χ3n) is 9.66. The van der Waals surface area contributed by atoms with Gasteiger partial charge in [0.05, 0.1) is 27.7 Å². The van der Waals surface area contributed by atoms with E-state index in [2.05, 4.69) is 50.3 Å². The number of rotatable bonds is 41. The van der Waals surface area contributed by atoms with Crippen LogP contribution in [0, 0.1) is 0 Å². The third-order valence-corrected chi connectivity index (χ3v) is 10.6. The van der Waals surface area contributed by atoms with Gasteiger partial charge in [-0.05, 0) is 51.4 Å². The number of unbranched alkanes of at least 4 members (excludes halogenated alkanes) is 21. The van der Waals surface area contributed by atoms with Gasteiger partial charge in [-0.2, -0.15) is 0 Å². The molecule has 0 aromatic heterocycles. The van der Waals surface area contributed by atoms with Crippen molar-refractivity contribution in [1.82, 2.24) is 0 Å². The lowest BCUT2D eigenvalue weighted by Crippen LogP contribution is -2.37. The van der Waals surface area contributed by atoms with Crippen LogP contribution in [0.1, 0.15) is 194 Å². The summed E-state index contributed by atoms with van der Waals surface area (Å²) in [7, 11) is 1.14. The minimum atomic E-state index is -4.63. The first-order chi connectivity index (χ1) is 27.0. The van der Waals surface area contributed by atoms with Crippen LogP contribution in [0.2, 0.25) is 0 Å². The second-order valence-corrected chi connectivity index (χ2v) is 17.8. The predicted molar refractivity (Wildman–Crippen MR) is 231 cm³/mol. The number of phosphoric acid groups is 1. The number of phosphoric ester groups is 1. The SMILES string of the molecule is CCCCC/C=C/C/C=C/C/C=C/CCCCC(=O)O[C@H](COC(=O)CCCCCCCCCCCCCCCCCCC)COP(=O)([O-])OCC[N+](C)(C)C. The van der Waals surface area contributed by atoms with Crippen molar-refractivity contribution in [2.24, 2.45) is 0 Å². The standard InChI is InChI=1S/C46H86NO8P/c1-6-8-10-12-14-16-18-20-22-23-25-26-28-30-32-34-36-38-45(48)52-42-44(43-54-56(50,51)53-41-40-47(3,4)5)55-46(49)39-37-35-33-31-29-27-24-21-19-17-15-13-11-9-7-2/h15,17,21,24,29,31,44H,6-14,16,18-20,22-23,25-28,30,32-43H2,1-5H3/b17-15+,24-21+,31-29+/t44-/m1/s1. The molecular weight excluding hydrogens is 725 g/mol. The average molecular weight is 812 g/mol. The van der Waals surface area contributed by atoms with Crippen molar-refractivity contribution in [2.45, 2.75) is 200 Å². The zero-order valence-electron chi connectivity index (χ0n) is 36.8. The summed E-state index contributed by atoms with van der Waals surface area (Å²) in [6.45, 7) is 4.17. The highest BCUT2D eigenvalue weighted by molar-refractivity contribution is 7.45. The normalized spacial score (nSPS) is 13.9. The molecule has 0 N–H and O–H groups in total. The molecule has 0 saturated heterocycles. The van der Waals surface area contributed by atoms with Gasteiger partial charge in [0.25, 0.3) is 7.82 Å². The number of allylic oxidation sites excluding steroid dienone is 6. The molecule has 0 amide bonds. The van der Waals surface area contributed by atoms with Gasteiger partial charge in [-0.25, -0.2) is 0 Å². The zero-order chi connectivity index (χ0) is 41.4. The van der Waals surface area contributed by atoms with E-state index in [1.54, 1.807) is 0 Å². The summed E-state index contributed by atoms with van der Waals surface area (Å²) in [6, 6.07) is 0. The van der Waals surface area contributed by atoms with E-state index in [-0.39, 0.29) is 26.1 Å². The predicted octanol–water partition coefficient (Wildman–Crippen LogP) is 12.3. The number of carbonyl (C=O) groups is 2. The van der Waals surface area contributed by atoms with Crippen LogP contribution in [0.15, 0.2) is 36.5 Å². The lowest BCUT2D eigenvalue weighted by molar-refractivity contribution is -0.870. The van der Waals surface area contributed by atoms with Gasteiger partial charge in [0.1, 0.15) is 19.8 Å². The zero-order valence-corrected chi connectivity index (χ0v) is 37.7. The Balaban J connectivity index is 4.37. The smallest absolute Gasteiger partial charge is 0.306 e. The largest absolute Gasteiger partial charge is 0.756 e. The first-order valence-corrected chi connectivity index (χ1v) is 24.2. The van der Waals surface area contributed by atoms with Gasteiger partial charge in [-0.3, -0.25) is 14.2 Å². The molecule has 0 saturated carbocycles. The van der Waals surface area contributed by atoms with Crippen LogP contribution >= 0.6 is 7.82 Å². The fraction of sp³-hybridized carbons (Fsp3) is 0.826. The summed E-state index contributed by atoms with van der Waals surface area (Å²) in [4.78, 5) is 37.5.